The van der Waals surface area contributed by atoms with Gasteiger partial charge in [-0.2, -0.15) is 25.7 Å². The van der Waals surface area contributed by atoms with Gasteiger partial charge in [0.05, 0.1) is 0 Å². The van der Waals surface area contributed by atoms with Crippen molar-refractivity contribution in [3.05, 3.63) is 27.7 Å². The smallest absolute Gasteiger partial charge is 0.343 e. The van der Waals surface area contributed by atoms with Gasteiger partial charge in [-0.1, -0.05) is 413 Å². The van der Waals surface area contributed by atoms with E-state index in [1.54, 1.807) is 0 Å². The quantitative estimate of drug-likeness (QED) is 0.0324. The third-order valence-corrected chi connectivity index (χ3v) is 15.4. The molecule has 0 aromatic heterocycles. The molecular formula is C72H148Ti. The first-order valence-electron chi connectivity index (χ1n) is 34.8. The molecule has 0 saturated heterocycles. The molecule has 0 aromatic carbocycles. The van der Waals surface area contributed by atoms with Crippen molar-refractivity contribution in [1.82, 2.24) is 0 Å². The SMILES string of the molecule is [CH2-]CCCCCCCCCCCCCCCCC.[CH2-]CCCCCCCCCCCCCCCCC.[CH2-]CCCCCCCCCCCCCCCCC.[CH2-]CCCCCCCCCCCCCCCCC.[Ti+4]. The third-order valence-electron chi connectivity index (χ3n) is 15.4. The van der Waals surface area contributed by atoms with Gasteiger partial charge in [0.25, 0.3) is 0 Å². The molecule has 0 fully saturated rings. The Kier molecular flexibility index (Phi) is 101. The number of rotatable bonds is 60. The Morgan fingerprint density at radius 3 is 0.260 bits per heavy atom. The van der Waals surface area contributed by atoms with E-state index in [0.717, 1.165) is 25.7 Å². The summed E-state index contributed by atoms with van der Waals surface area (Å²) in [5.74, 6) is 0. The predicted molar refractivity (Wildman–Crippen MR) is 340 cm³/mol. The van der Waals surface area contributed by atoms with Crippen LogP contribution in [0.15, 0.2) is 0 Å². The Labute approximate surface area is 485 Å². The van der Waals surface area contributed by atoms with Crippen LogP contribution in [-0.2, 0) is 21.7 Å². The van der Waals surface area contributed by atoms with Crippen LogP contribution in [0.25, 0.3) is 0 Å². The standard InChI is InChI=1S/4C18H37.Ti/c4*1-3-5-7-9-11-13-15-17-18-16-14-12-10-8-6-4-2;/h4*1,3-18H2,2H3;/q4*-1;+4. The van der Waals surface area contributed by atoms with E-state index in [1.165, 1.54) is 385 Å². The topological polar surface area (TPSA) is 0 Å². The molecule has 0 aliphatic heterocycles. The minimum absolute atomic E-state index is 0. The van der Waals surface area contributed by atoms with E-state index in [2.05, 4.69) is 55.4 Å². The van der Waals surface area contributed by atoms with Crippen LogP contribution in [-0.4, -0.2) is 0 Å². The van der Waals surface area contributed by atoms with Crippen LogP contribution in [0, 0.1) is 27.7 Å². The molecule has 0 rings (SSSR count). The monoisotopic (exact) mass is 1060 g/mol. The molecule has 0 N–H and O–H groups in total. The van der Waals surface area contributed by atoms with Gasteiger partial charge in [-0.05, 0) is 0 Å². The Balaban J connectivity index is -0.000000280. The summed E-state index contributed by atoms with van der Waals surface area (Å²) in [6.07, 6.45) is 91.3. The molecule has 0 unspecified atom stereocenters. The second kappa shape index (κ2) is 89.3. The first-order chi connectivity index (χ1) is 35.7. The van der Waals surface area contributed by atoms with Crippen LogP contribution >= 0.6 is 0 Å². The molecule has 0 saturated carbocycles. The molecule has 1 heteroatoms. The fourth-order valence-electron chi connectivity index (χ4n) is 10.2. The molecule has 0 nitrogen and oxygen atoms in total. The minimum Gasteiger partial charge on any atom is -0.343 e. The van der Waals surface area contributed by atoms with Gasteiger partial charge in [0.15, 0.2) is 0 Å². The first kappa shape index (κ1) is 82.5. The van der Waals surface area contributed by atoms with E-state index >= 15 is 0 Å². The van der Waals surface area contributed by atoms with Crippen LogP contribution in [0.5, 0.6) is 0 Å². The van der Waals surface area contributed by atoms with Crippen molar-refractivity contribution in [3.8, 4) is 0 Å². The Bertz CT molecular complexity index is 584. The van der Waals surface area contributed by atoms with Gasteiger partial charge in [-0.3, -0.25) is 0 Å². The second-order valence-electron chi connectivity index (χ2n) is 23.2. The summed E-state index contributed by atoms with van der Waals surface area (Å²) in [5, 5.41) is 0. The fourth-order valence-corrected chi connectivity index (χ4v) is 10.2. The molecule has 73 heavy (non-hydrogen) atoms. The van der Waals surface area contributed by atoms with E-state index in [-0.39, 0.29) is 21.7 Å². The van der Waals surface area contributed by atoms with Crippen molar-refractivity contribution in [2.75, 3.05) is 0 Å². The van der Waals surface area contributed by atoms with Crippen molar-refractivity contribution >= 4 is 0 Å². The predicted octanol–water partition coefficient (Wildman–Crippen LogP) is 28.3. The van der Waals surface area contributed by atoms with E-state index in [9.17, 15) is 0 Å². The van der Waals surface area contributed by atoms with E-state index in [1.807, 2.05) is 0 Å². The van der Waals surface area contributed by atoms with Gasteiger partial charge in [-0.15, -0.1) is 0 Å². The second-order valence-corrected chi connectivity index (χ2v) is 23.2. The van der Waals surface area contributed by atoms with Gasteiger partial charge in [0, 0.05) is 0 Å². The summed E-state index contributed by atoms with van der Waals surface area (Å²) in [5.41, 5.74) is 0. The molecule has 0 heterocycles. The Morgan fingerprint density at radius 2 is 0.192 bits per heavy atom. The van der Waals surface area contributed by atoms with Crippen molar-refractivity contribution < 1.29 is 21.7 Å². The van der Waals surface area contributed by atoms with Crippen LogP contribution in [0.3, 0.4) is 0 Å². The van der Waals surface area contributed by atoms with Crippen LogP contribution in [0.4, 0.5) is 0 Å². The summed E-state index contributed by atoms with van der Waals surface area (Å²) >= 11 is 0. The van der Waals surface area contributed by atoms with Crippen molar-refractivity contribution in [2.24, 2.45) is 0 Å². The third kappa shape index (κ3) is 98.6. The largest absolute Gasteiger partial charge is 4.00 e. The zero-order chi connectivity index (χ0) is 53.3. The molecule has 0 bridgehead atoms. The van der Waals surface area contributed by atoms with E-state index < -0.39 is 0 Å². The van der Waals surface area contributed by atoms with Gasteiger partial charge >= 0.3 is 21.7 Å². The number of hydrogen-bond acceptors (Lipinski definition) is 0. The first-order valence-corrected chi connectivity index (χ1v) is 34.8. The number of unbranched alkanes of at least 4 members (excludes halogenated alkanes) is 60. The minimum atomic E-state index is 0. The summed E-state index contributed by atoms with van der Waals surface area (Å²) in [7, 11) is 0. The molecule has 0 aliphatic carbocycles. The number of hydrogen-bond donors (Lipinski definition) is 0. The maximum Gasteiger partial charge on any atom is 4.00 e. The van der Waals surface area contributed by atoms with Crippen LogP contribution in [0.1, 0.15) is 439 Å². The molecule has 0 radical (unpaired) electrons. The van der Waals surface area contributed by atoms with Crippen molar-refractivity contribution in [2.45, 2.75) is 439 Å². The van der Waals surface area contributed by atoms with Crippen LogP contribution in [0.2, 0.25) is 0 Å². The normalized spacial score (nSPS) is 10.8. The zero-order valence-corrected chi connectivity index (χ0v) is 54.1. The summed E-state index contributed by atoms with van der Waals surface area (Å²) < 4.78 is 0. The van der Waals surface area contributed by atoms with E-state index in [0.29, 0.717) is 0 Å². The van der Waals surface area contributed by atoms with Gasteiger partial charge in [0.1, 0.15) is 0 Å². The Hall–Kier alpha value is 0.714. The molecule has 0 aromatic rings. The van der Waals surface area contributed by atoms with Gasteiger partial charge < -0.3 is 27.7 Å². The average Bonchev–Trinajstić information content (AvgIpc) is 3.39. The molecule has 0 spiro atoms. The van der Waals surface area contributed by atoms with Crippen LogP contribution < -0.4 is 0 Å². The van der Waals surface area contributed by atoms with Gasteiger partial charge in [0.2, 0.25) is 0 Å². The molecule has 0 atom stereocenters. The van der Waals surface area contributed by atoms with Crippen molar-refractivity contribution in [3.63, 3.8) is 0 Å². The van der Waals surface area contributed by atoms with E-state index in [4.69, 9.17) is 0 Å². The van der Waals surface area contributed by atoms with Crippen molar-refractivity contribution in [1.29, 1.82) is 0 Å². The maximum absolute atomic E-state index is 3.88. The molecule has 0 aliphatic rings. The summed E-state index contributed by atoms with van der Waals surface area (Å²) in [4.78, 5) is 0. The summed E-state index contributed by atoms with van der Waals surface area (Å²) in [6, 6.07) is 0. The average molecular weight is 1060 g/mol. The summed E-state index contributed by atoms with van der Waals surface area (Å²) in [6.45, 7) is 24.7. The maximum atomic E-state index is 3.88. The Morgan fingerprint density at radius 1 is 0.123 bits per heavy atom. The molecule has 440 valence electrons. The fraction of sp³-hybridized carbons (Fsp3) is 0.944. The van der Waals surface area contributed by atoms with Gasteiger partial charge in [-0.25, -0.2) is 0 Å². The molecule has 0 amide bonds. The molecular weight excluding hydrogens is 913 g/mol. The zero-order valence-electron chi connectivity index (χ0n) is 52.6.